The third-order valence-electron chi connectivity index (χ3n) is 6.73. The quantitative estimate of drug-likeness (QED) is 0.864. The molecule has 1 saturated carbocycles. The van der Waals surface area contributed by atoms with E-state index in [-0.39, 0.29) is 17.4 Å². The molecule has 1 atom stereocenters. The van der Waals surface area contributed by atoms with Gasteiger partial charge in [-0.15, -0.1) is 0 Å². The van der Waals surface area contributed by atoms with E-state index in [0.717, 1.165) is 43.0 Å². The maximum Gasteiger partial charge on any atom is 0.255 e. The minimum absolute atomic E-state index is 0.00619. The lowest BCUT2D eigenvalue weighted by Crippen LogP contribution is -2.41. The molecule has 2 fully saturated rings. The van der Waals surface area contributed by atoms with Crippen LogP contribution >= 0.6 is 0 Å². The van der Waals surface area contributed by atoms with Crippen molar-refractivity contribution in [1.82, 2.24) is 24.8 Å². The number of carbonyl (C=O) groups is 1. The number of rotatable bonds is 3. The van der Waals surface area contributed by atoms with Gasteiger partial charge in [0.15, 0.2) is 0 Å². The van der Waals surface area contributed by atoms with Crippen LogP contribution in [0.25, 0.3) is 0 Å². The molecule has 2 aromatic rings. The Bertz CT molecular complexity index is 951. The fourth-order valence-electron chi connectivity index (χ4n) is 5.09. The van der Waals surface area contributed by atoms with Crippen molar-refractivity contribution in [2.24, 2.45) is 0 Å². The summed E-state index contributed by atoms with van der Waals surface area (Å²) < 4.78 is 0. The van der Waals surface area contributed by atoms with E-state index in [1.54, 1.807) is 24.5 Å². The molecule has 1 saturated heterocycles. The van der Waals surface area contributed by atoms with Gasteiger partial charge in [-0.1, -0.05) is 12.8 Å². The highest BCUT2D eigenvalue weighted by Crippen LogP contribution is 2.29. The molecule has 5 rings (SSSR count). The third-order valence-corrected chi connectivity index (χ3v) is 6.73. The van der Waals surface area contributed by atoms with E-state index >= 15 is 0 Å². The lowest BCUT2D eigenvalue weighted by molar-refractivity contribution is 0.0790. The first-order valence-electron chi connectivity index (χ1n) is 10.7. The molecule has 0 aromatic carbocycles. The summed E-state index contributed by atoms with van der Waals surface area (Å²) in [6.07, 6.45) is 10.0. The number of aromatic nitrogens is 3. The molecule has 4 heterocycles. The van der Waals surface area contributed by atoms with Gasteiger partial charge in [-0.2, -0.15) is 0 Å². The van der Waals surface area contributed by atoms with Crippen LogP contribution in [-0.2, 0) is 13.0 Å². The van der Waals surface area contributed by atoms with Crippen molar-refractivity contribution in [3.8, 4) is 0 Å². The fourth-order valence-corrected chi connectivity index (χ4v) is 5.09. The molecule has 3 aliphatic rings. The van der Waals surface area contributed by atoms with Gasteiger partial charge >= 0.3 is 0 Å². The summed E-state index contributed by atoms with van der Waals surface area (Å²) >= 11 is 0. The number of fused-ring (bicyclic) bond motifs is 1. The molecule has 1 N–H and O–H groups in total. The molecule has 29 heavy (non-hydrogen) atoms. The fraction of sp³-hybridized carbons (Fsp3) is 0.545. The number of pyridine rings is 1. The van der Waals surface area contributed by atoms with Gasteiger partial charge in [0, 0.05) is 56.1 Å². The summed E-state index contributed by atoms with van der Waals surface area (Å²) in [4.78, 5) is 41.7. The lowest BCUT2D eigenvalue weighted by Gasteiger charge is -2.32. The van der Waals surface area contributed by atoms with E-state index in [2.05, 4.69) is 14.9 Å². The average molecular weight is 393 g/mol. The summed E-state index contributed by atoms with van der Waals surface area (Å²) in [6, 6.07) is 4.21. The van der Waals surface area contributed by atoms with Gasteiger partial charge in [-0.05, 0) is 37.8 Å². The van der Waals surface area contributed by atoms with Gasteiger partial charge in [0.2, 0.25) is 0 Å². The van der Waals surface area contributed by atoms with Crippen LogP contribution in [0, 0.1) is 0 Å². The highest BCUT2D eigenvalue weighted by Gasteiger charge is 2.32. The Morgan fingerprint density at radius 3 is 2.83 bits per heavy atom. The number of nitrogens with one attached hydrogen (secondary N) is 1. The smallest absolute Gasteiger partial charge is 0.255 e. The summed E-state index contributed by atoms with van der Waals surface area (Å²) in [6.45, 7) is 3.00. The number of nitrogens with zero attached hydrogens (tertiary/aromatic N) is 4. The highest BCUT2D eigenvalue weighted by molar-refractivity contribution is 5.94. The van der Waals surface area contributed by atoms with Gasteiger partial charge in [0.1, 0.15) is 5.82 Å². The molecule has 7 nitrogen and oxygen atoms in total. The van der Waals surface area contributed by atoms with Crippen molar-refractivity contribution in [3.05, 3.63) is 57.5 Å². The maximum atomic E-state index is 12.7. The zero-order valence-corrected chi connectivity index (χ0v) is 16.6. The lowest BCUT2D eigenvalue weighted by atomic mass is 10.0. The normalized spacial score (nSPS) is 22.8. The SMILES string of the molecule is O=C(c1cccnc1)N1CC[C@@H](c2nc3c(c(=O)[nH]2)CCN(C2CCCC2)C3)C1. The third kappa shape index (κ3) is 3.59. The molecule has 0 radical (unpaired) electrons. The Morgan fingerprint density at radius 1 is 1.17 bits per heavy atom. The molecule has 152 valence electrons. The molecular formula is C22H27N5O2. The topological polar surface area (TPSA) is 82.2 Å². The molecule has 2 aliphatic heterocycles. The largest absolute Gasteiger partial charge is 0.338 e. The summed E-state index contributed by atoms with van der Waals surface area (Å²) in [5, 5.41) is 0. The van der Waals surface area contributed by atoms with Crippen LogP contribution in [0.15, 0.2) is 29.3 Å². The second-order valence-corrected chi connectivity index (χ2v) is 8.51. The van der Waals surface area contributed by atoms with Crippen LogP contribution in [0.1, 0.15) is 65.5 Å². The Kier molecular flexibility index (Phi) is 4.91. The zero-order valence-electron chi connectivity index (χ0n) is 16.6. The van der Waals surface area contributed by atoms with Gasteiger partial charge < -0.3 is 9.88 Å². The van der Waals surface area contributed by atoms with Crippen molar-refractivity contribution in [3.63, 3.8) is 0 Å². The maximum absolute atomic E-state index is 12.7. The minimum Gasteiger partial charge on any atom is -0.338 e. The van der Waals surface area contributed by atoms with Gasteiger partial charge in [-0.3, -0.25) is 19.5 Å². The number of H-pyrrole nitrogens is 1. The van der Waals surface area contributed by atoms with Crippen LogP contribution in [0.5, 0.6) is 0 Å². The molecule has 7 heteroatoms. The molecule has 0 bridgehead atoms. The summed E-state index contributed by atoms with van der Waals surface area (Å²) in [7, 11) is 0. The average Bonchev–Trinajstić information content (AvgIpc) is 3.46. The summed E-state index contributed by atoms with van der Waals surface area (Å²) in [5.74, 6) is 0.812. The minimum atomic E-state index is -0.00619. The molecule has 1 amide bonds. The number of amides is 1. The van der Waals surface area contributed by atoms with Crippen LogP contribution in [0.4, 0.5) is 0 Å². The molecule has 1 aliphatic carbocycles. The Morgan fingerprint density at radius 2 is 2.03 bits per heavy atom. The van der Waals surface area contributed by atoms with E-state index in [0.29, 0.717) is 24.7 Å². The number of hydrogen-bond donors (Lipinski definition) is 1. The second-order valence-electron chi connectivity index (χ2n) is 8.51. The van der Waals surface area contributed by atoms with Gasteiger partial charge in [0.05, 0.1) is 11.3 Å². The number of likely N-dealkylation sites (tertiary alicyclic amines) is 1. The van der Waals surface area contributed by atoms with Crippen molar-refractivity contribution in [2.45, 2.75) is 57.0 Å². The molecular weight excluding hydrogens is 366 g/mol. The predicted octanol–water partition coefficient (Wildman–Crippen LogP) is 2.10. The second kappa shape index (κ2) is 7.71. The summed E-state index contributed by atoms with van der Waals surface area (Å²) in [5.41, 5.74) is 2.41. The Labute approximate surface area is 170 Å². The van der Waals surface area contributed by atoms with Crippen LogP contribution in [-0.4, -0.2) is 56.3 Å². The molecule has 0 spiro atoms. The Balaban J connectivity index is 1.33. The number of aromatic amines is 1. The van der Waals surface area contributed by atoms with E-state index < -0.39 is 0 Å². The first-order chi connectivity index (χ1) is 14.2. The van der Waals surface area contributed by atoms with E-state index in [1.807, 2.05) is 4.90 Å². The van der Waals surface area contributed by atoms with Gasteiger partial charge in [-0.25, -0.2) is 4.98 Å². The van der Waals surface area contributed by atoms with Crippen molar-refractivity contribution in [1.29, 1.82) is 0 Å². The van der Waals surface area contributed by atoms with Crippen LogP contribution in [0.2, 0.25) is 0 Å². The van der Waals surface area contributed by atoms with E-state index in [4.69, 9.17) is 4.98 Å². The van der Waals surface area contributed by atoms with E-state index in [1.165, 1.54) is 25.7 Å². The highest BCUT2D eigenvalue weighted by atomic mass is 16.2. The zero-order chi connectivity index (χ0) is 19.8. The standard InChI is InChI=1S/C22H27N5O2/c28-21-18-8-11-26(17-5-1-2-6-17)14-19(18)24-20(25-21)16-7-10-27(13-16)22(29)15-4-3-9-23-12-15/h3-4,9,12,16-17H,1-2,5-8,10-11,13-14H2,(H,24,25,28)/t16-/m1/s1. The monoisotopic (exact) mass is 393 g/mol. The molecule has 2 aromatic heterocycles. The van der Waals surface area contributed by atoms with Crippen molar-refractivity contribution < 1.29 is 4.79 Å². The van der Waals surface area contributed by atoms with Crippen molar-refractivity contribution >= 4 is 5.91 Å². The van der Waals surface area contributed by atoms with Crippen LogP contribution in [0.3, 0.4) is 0 Å². The van der Waals surface area contributed by atoms with Crippen LogP contribution < -0.4 is 5.56 Å². The van der Waals surface area contributed by atoms with Crippen molar-refractivity contribution in [2.75, 3.05) is 19.6 Å². The number of hydrogen-bond acceptors (Lipinski definition) is 5. The van der Waals surface area contributed by atoms with Gasteiger partial charge in [0.25, 0.3) is 11.5 Å². The molecule has 0 unspecified atom stereocenters. The first-order valence-corrected chi connectivity index (χ1v) is 10.7. The number of carbonyl (C=O) groups excluding carboxylic acids is 1. The van der Waals surface area contributed by atoms with E-state index in [9.17, 15) is 9.59 Å². The Hall–Kier alpha value is -2.54. The predicted molar refractivity (Wildman–Crippen MR) is 109 cm³/mol. The first kappa shape index (κ1) is 18.5.